The number of nitrogens with one attached hydrogen (secondary N) is 1. The third-order valence-corrected chi connectivity index (χ3v) is 5.14. The van der Waals surface area contributed by atoms with Crippen LogP contribution in [0.5, 0.6) is 11.5 Å². The van der Waals surface area contributed by atoms with E-state index in [-0.39, 0.29) is 5.91 Å². The van der Waals surface area contributed by atoms with Gasteiger partial charge in [-0.25, -0.2) is 0 Å². The summed E-state index contributed by atoms with van der Waals surface area (Å²) in [4.78, 5) is 13.2. The molecule has 1 aliphatic carbocycles. The zero-order valence-electron chi connectivity index (χ0n) is 15.1. The summed E-state index contributed by atoms with van der Waals surface area (Å²) in [5.74, 6) is 1.40. The number of hydrogen-bond acceptors (Lipinski definition) is 3. The van der Waals surface area contributed by atoms with Crippen LogP contribution in [0.25, 0.3) is 0 Å². The molecular weight excluding hydrogens is 314 g/mol. The van der Waals surface area contributed by atoms with Gasteiger partial charge in [0.15, 0.2) is 11.5 Å². The Labute approximate surface area is 149 Å². The Bertz CT molecular complexity index is 746. The van der Waals surface area contributed by atoms with Crippen molar-refractivity contribution in [1.82, 2.24) is 0 Å². The minimum Gasteiger partial charge on any atom is -0.493 e. The van der Waals surface area contributed by atoms with Crippen molar-refractivity contribution in [3.63, 3.8) is 0 Å². The lowest BCUT2D eigenvalue weighted by Crippen LogP contribution is -2.38. The molecule has 0 heterocycles. The lowest BCUT2D eigenvalue weighted by molar-refractivity contribution is -0.121. The molecule has 2 aromatic carbocycles. The van der Waals surface area contributed by atoms with Gasteiger partial charge in [0.1, 0.15) is 0 Å². The molecule has 0 radical (unpaired) electrons. The van der Waals surface area contributed by atoms with Gasteiger partial charge in [-0.3, -0.25) is 4.79 Å². The maximum Gasteiger partial charge on any atom is 0.235 e. The van der Waals surface area contributed by atoms with Gasteiger partial charge in [0.25, 0.3) is 0 Å². The van der Waals surface area contributed by atoms with Gasteiger partial charge in [0.2, 0.25) is 5.91 Å². The predicted octanol–water partition coefficient (Wildman–Crippen LogP) is 4.46. The zero-order chi connectivity index (χ0) is 17.9. The minimum atomic E-state index is -0.509. The smallest absolute Gasteiger partial charge is 0.235 e. The van der Waals surface area contributed by atoms with Crippen LogP contribution in [0, 0.1) is 6.92 Å². The molecule has 1 N–H and O–H groups in total. The Kier molecular flexibility index (Phi) is 4.98. The SMILES string of the molecule is COc1ccc(C2(C(=O)Nc3ccc(C)cc3)CCCC2)cc1OC. The van der Waals surface area contributed by atoms with Crippen molar-refractivity contribution < 1.29 is 14.3 Å². The molecule has 0 aliphatic heterocycles. The number of aryl methyl sites for hydroxylation is 1. The van der Waals surface area contributed by atoms with E-state index in [1.807, 2.05) is 49.4 Å². The largest absolute Gasteiger partial charge is 0.493 e. The summed E-state index contributed by atoms with van der Waals surface area (Å²) in [5.41, 5.74) is 2.49. The number of methoxy groups -OCH3 is 2. The number of rotatable bonds is 5. The lowest BCUT2D eigenvalue weighted by atomic mass is 9.77. The Hall–Kier alpha value is -2.49. The first-order chi connectivity index (χ1) is 12.1. The number of anilines is 1. The summed E-state index contributed by atoms with van der Waals surface area (Å²) < 4.78 is 10.8. The second-order valence-corrected chi connectivity index (χ2v) is 6.68. The number of ether oxygens (including phenoxy) is 2. The predicted molar refractivity (Wildman–Crippen MR) is 99.5 cm³/mol. The summed E-state index contributed by atoms with van der Waals surface area (Å²) >= 11 is 0. The lowest BCUT2D eigenvalue weighted by Gasteiger charge is -2.29. The van der Waals surface area contributed by atoms with E-state index >= 15 is 0 Å². The van der Waals surface area contributed by atoms with Gasteiger partial charge in [-0.05, 0) is 49.6 Å². The van der Waals surface area contributed by atoms with E-state index in [0.29, 0.717) is 11.5 Å². The molecule has 4 heteroatoms. The summed E-state index contributed by atoms with van der Waals surface area (Å²) in [5, 5.41) is 3.11. The van der Waals surface area contributed by atoms with E-state index in [1.165, 1.54) is 5.56 Å². The average molecular weight is 339 g/mol. The zero-order valence-corrected chi connectivity index (χ0v) is 15.1. The highest BCUT2D eigenvalue weighted by atomic mass is 16.5. The topological polar surface area (TPSA) is 47.6 Å². The first-order valence-electron chi connectivity index (χ1n) is 8.70. The van der Waals surface area contributed by atoms with Crippen molar-refractivity contribution in [3.8, 4) is 11.5 Å². The van der Waals surface area contributed by atoms with Crippen LogP contribution in [0.2, 0.25) is 0 Å². The Morgan fingerprint density at radius 3 is 2.20 bits per heavy atom. The molecule has 132 valence electrons. The van der Waals surface area contributed by atoms with Gasteiger partial charge < -0.3 is 14.8 Å². The first-order valence-corrected chi connectivity index (χ1v) is 8.70. The highest BCUT2D eigenvalue weighted by Gasteiger charge is 2.43. The maximum absolute atomic E-state index is 13.2. The molecule has 1 fully saturated rings. The van der Waals surface area contributed by atoms with Crippen molar-refractivity contribution in [1.29, 1.82) is 0 Å². The molecule has 0 bridgehead atoms. The van der Waals surface area contributed by atoms with Gasteiger partial charge >= 0.3 is 0 Å². The molecule has 0 unspecified atom stereocenters. The third kappa shape index (κ3) is 3.34. The summed E-state index contributed by atoms with van der Waals surface area (Å²) in [6.45, 7) is 2.04. The van der Waals surface area contributed by atoms with Crippen LogP contribution in [0.4, 0.5) is 5.69 Å². The fourth-order valence-corrected chi connectivity index (χ4v) is 3.65. The van der Waals surface area contributed by atoms with Gasteiger partial charge in [0.05, 0.1) is 19.6 Å². The van der Waals surface area contributed by atoms with E-state index in [0.717, 1.165) is 36.9 Å². The fraction of sp³-hybridized carbons (Fsp3) is 0.381. The summed E-state index contributed by atoms with van der Waals surface area (Å²) in [7, 11) is 3.24. The Balaban J connectivity index is 1.93. The molecular formula is C21H25NO3. The van der Waals surface area contributed by atoms with Gasteiger partial charge in [-0.2, -0.15) is 0 Å². The van der Waals surface area contributed by atoms with E-state index in [4.69, 9.17) is 9.47 Å². The van der Waals surface area contributed by atoms with Crippen LogP contribution in [0.3, 0.4) is 0 Å². The van der Waals surface area contributed by atoms with E-state index in [1.54, 1.807) is 14.2 Å². The molecule has 2 aromatic rings. The Morgan fingerprint density at radius 1 is 0.960 bits per heavy atom. The number of carbonyl (C=O) groups excluding carboxylic acids is 1. The number of amides is 1. The van der Waals surface area contributed by atoms with Gasteiger partial charge in [-0.1, -0.05) is 36.6 Å². The van der Waals surface area contributed by atoms with Crippen molar-refractivity contribution in [3.05, 3.63) is 53.6 Å². The molecule has 0 aromatic heterocycles. The number of hydrogen-bond donors (Lipinski definition) is 1. The van der Waals surface area contributed by atoms with E-state index < -0.39 is 5.41 Å². The molecule has 1 saturated carbocycles. The van der Waals surface area contributed by atoms with Crippen LogP contribution in [0.15, 0.2) is 42.5 Å². The van der Waals surface area contributed by atoms with E-state index in [9.17, 15) is 4.79 Å². The second-order valence-electron chi connectivity index (χ2n) is 6.68. The average Bonchev–Trinajstić information content (AvgIpc) is 3.14. The van der Waals surface area contributed by atoms with Crippen LogP contribution < -0.4 is 14.8 Å². The third-order valence-electron chi connectivity index (χ3n) is 5.14. The van der Waals surface area contributed by atoms with Crippen molar-refractivity contribution >= 4 is 11.6 Å². The minimum absolute atomic E-state index is 0.0565. The highest BCUT2D eigenvalue weighted by Crippen LogP contribution is 2.44. The summed E-state index contributed by atoms with van der Waals surface area (Å²) in [6, 6.07) is 13.7. The van der Waals surface area contributed by atoms with Crippen LogP contribution in [0.1, 0.15) is 36.8 Å². The van der Waals surface area contributed by atoms with Crippen molar-refractivity contribution in [2.75, 3.05) is 19.5 Å². The standard InChI is InChI=1S/C21H25NO3/c1-15-6-9-17(10-7-15)22-20(23)21(12-4-5-13-21)16-8-11-18(24-2)19(14-16)25-3/h6-11,14H,4-5,12-13H2,1-3H3,(H,22,23). The monoisotopic (exact) mass is 339 g/mol. The molecule has 25 heavy (non-hydrogen) atoms. The first kappa shape index (κ1) is 17.3. The van der Waals surface area contributed by atoms with Gasteiger partial charge in [-0.15, -0.1) is 0 Å². The molecule has 0 saturated heterocycles. The number of benzene rings is 2. The highest BCUT2D eigenvalue weighted by molar-refractivity contribution is 5.99. The molecule has 4 nitrogen and oxygen atoms in total. The van der Waals surface area contributed by atoms with Gasteiger partial charge in [0, 0.05) is 5.69 Å². The van der Waals surface area contributed by atoms with Crippen molar-refractivity contribution in [2.24, 2.45) is 0 Å². The molecule has 0 atom stereocenters. The summed E-state index contributed by atoms with van der Waals surface area (Å²) in [6.07, 6.45) is 3.80. The Morgan fingerprint density at radius 2 is 1.60 bits per heavy atom. The molecule has 1 amide bonds. The van der Waals surface area contributed by atoms with Crippen LogP contribution in [-0.4, -0.2) is 20.1 Å². The maximum atomic E-state index is 13.2. The van der Waals surface area contributed by atoms with Crippen LogP contribution >= 0.6 is 0 Å². The molecule has 1 aliphatic rings. The van der Waals surface area contributed by atoms with Crippen LogP contribution in [-0.2, 0) is 10.2 Å². The normalized spacial score (nSPS) is 15.6. The second kappa shape index (κ2) is 7.18. The molecule has 0 spiro atoms. The molecule has 3 rings (SSSR count). The number of carbonyl (C=O) groups is 1. The quantitative estimate of drug-likeness (QED) is 0.875. The van der Waals surface area contributed by atoms with Crippen molar-refractivity contribution in [2.45, 2.75) is 38.0 Å². The van der Waals surface area contributed by atoms with E-state index in [2.05, 4.69) is 5.32 Å². The fourth-order valence-electron chi connectivity index (χ4n) is 3.65.